The van der Waals surface area contributed by atoms with Crippen LogP contribution in [-0.2, 0) is 4.79 Å². The number of hydrogen-bond donors (Lipinski definition) is 1. The summed E-state index contributed by atoms with van der Waals surface area (Å²) in [4.78, 5) is 11.5. The lowest BCUT2D eigenvalue weighted by Gasteiger charge is -2.04. The molecule has 1 unspecified atom stereocenters. The molecule has 1 atom stereocenters. The Hall–Kier alpha value is -1.41. The van der Waals surface area contributed by atoms with E-state index in [4.69, 9.17) is 5.73 Å². The number of rotatable bonds is 5. The van der Waals surface area contributed by atoms with Crippen molar-refractivity contribution in [3.8, 4) is 0 Å². The van der Waals surface area contributed by atoms with E-state index in [9.17, 15) is 4.79 Å². The van der Waals surface area contributed by atoms with E-state index in [0.717, 1.165) is 18.4 Å². The molecular formula is C13H17NO. The number of nitrogens with two attached hydrogens (primary N) is 1. The van der Waals surface area contributed by atoms with Crippen molar-refractivity contribution in [1.82, 2.24) is 0 Å². The normalized spacial score (nSPS) is 12.9. The van der Waals surface area contributed by atoms with Crippen LogP contribution < -0.4 is 5.73 Å². The number of carbonyl (C=O) groups excluding carboxylic acids is 1. The van der Waals surface area contributed by atoms with Gasteiger partial charge in [-0.3, -0.25) is 4.79 Å². The van der Waals surface area contributed by atoms with Crippen LogP contribution in [0.15, 0.2) is 36.4 Å². The number of benzene rings is 1. The van der Waals surface area contributed by atoms with Crippen LogP contribution >= 0.6 is 0 Å². The van der Waals surface area contributed by atoms with Gasteiger partial charge in [-0.25, -0.2) is 0 Å². The summed E-state index contributed by atoms with van der Waals surface area (Å²) in [5.74, 6) is 0.000651. The summed E-state index contributed by atoms with van der Waals surface area (Å²) in [6.45, 7) is 2.02. The first-order valence-corrected chi connectivity index (χ1v) is 5.26. The van der Waals surface area contributed by atoms with E-state index in [1.807, 2.05) is 37.3 Å². The second kappa shape index (κ2) is 6.14. The van der Waals surface area contributed by atoms with Gasteiger partial charge in [-0.2, -0.15) is 0 Å². The van der Waals surface area contributed by atoms with Crippen molar-refractivity contribution >= 4 is 11.9 Å². The molecule has 0 radical (unpaired) electrons. The first-order chi connectivity index (χ1) is 7.24. The predicted molar refractivity (Wildman–Crippen MR) is 63.4 cm³/mol. The predicted octanol–water partition coefficient (Wildman–Crippen LogP) is 2.40. The second-order valence-corrected chi connectivity index (χ2v) is 3.54. The molecule has 0 fully saturated rings. The van der Waals surface area contributed by atoms with Crippen LogP contribution in [0.25, 0.3) is 6.08 Å². The molecule has 0 aliphatic rings. The van der Waals surface area contributed by atoms with Crippen LogP contribution in [0, 0.1) is 0 Å². The zero-order valence-corrected chi connectivity index (χ0v) is 9.02. The zero-order valence-electron chi connectivity index (χ0n) is 9.02. The highest BCUT2D eigenvalue weighted by Gasteiger charge is 2.07. The number of hydrogen-bond acceptors (Lipinski definition) is 2. The fourth-order valence-corrected chi connectivity index (χ4v) is 1.32. The van der Waals surface area contributed by atoms with Crippen LogP contribution in [0.5, 0.6) is 0 Å². The standard InChI is InChI=1S/C13H17NO/c1-2-6-12(14)13(15)10-9-11-7-4-3-5-8-11/h3-5,7-10,12H,2,6,14H2,1H3. The van der Waals surface area contributed by atoms with Gasteiger partial charge in [-0.05, 0) is 18.1 Å². The van der Waals surface area contributed by atoms with Crippen molar-refractivity contribution in [1.29, 1.82) is 0 Å². The molecule has 80 valence electrons. The molecular weight excluding hydrogens is 186 g/mol. The van der Waals surface area contributed by atoms with Gasteiger partial charge in [-0.1, -0.05) is 49.8 Å². The minimum Gasteiger partial charge on any atom is -0.321 e. The van der Waals surface area contributed by atoms with Gasteiger partial charge in [0, 0.05) is 0 Å². The Morgan fingerprint density at radius 1 is 1.40 bits per heavy atom. The minimum absolute atomic E-state index is 0.000651. The Kier molecular flexibility index (Phi) is 4.78. The molecule has 0 aliphatic carbocycles. The summed E-state index contributed by atoms with van der Waals surface area (Å²) >= 11 is 0. The molecule has 0 bridgehead atoms. The van der Waals surface area contributed by atoms with Crippen molar-refractivity contribution in [3.63, 3.8) is 0 Å². The number of carbonyl (C=O) groups is 1. The first-order valence-electron chi connectivity index (χ1n) is 5.26. The summed E-state index contributed by atoms with van der Waals surface area (Å²) in [5.41, 5.74) is 6.71. The van der Waals surface area contributed by atoms with E-state index in [0.29, 0.717) is 0 Å². The first kappa shape index (κ1) is 11.7. The van der Waals surface area contributed by atoms with Crippen LogP contribution in [0.3, 0.4) is 0 Å². The van der Waals surface area contributed by atoms with E-state index < -0.39 is 0 Å². The van der Waals surface area contributed by atoms with Crippen LogP contribution in [0.4, 0.5) is 0 Å². The maximum absolute atomic E-state index is 11.5. The molecule has 0 saturated carbocycles. The van der Waals surface area contributed by atoms with Gasteiger partial charge in [0.2, 0.25) is 0 Å². The fraction of sp³-hybridized carbons (Fsp3) is 0.308. The highest BCUT2D eigenvalue weighted by atomic mass is 16.1. The number of ketones is 1. The largest absolute Gasteiger partial charge is 0.321 e. The van der Waals surface area contributed by atoms with Crippen LogP contribution in [0.1, 0.15) is 25.3 Å². The van der Waals surface area contributed by atoms with E-state index in [1.54, 1.807) is 12.2 Å². The lowest BCUT2D eigenvalue weighted by molar-refractivity contribution is -0.115. The molecule has 1 rings (SSSR count). The molecule has 0 saturated heterocycles. The van der Waals surface area contributed by atoms with Crippen molar-refractivity contribution in [2.75, 3.05) is 0 Å². The van der Waals surface area contributed by atoms with Crippen LogP contribution in [-0.4, -0.2) is 11.8 Å². The highest BCUT2D eigenvalue weighted by Crippen LogP contribution is 2.02. The molecule has 1 aromatic rings. The summed E-state index contributed by atoms with van der Waals surface area (Å²) < 4.78 is 0. The molecule has 0 aromatic heterocycles. The van der Waals surface area contributed by atoms with Gasteiger partial charge in [0.05, 0.1) is 6.04 Å². The molecule has 0 heterocycles. The van der Waals surface area contributed by atoms with E-state index in [-0.39, 0.29) is 11.8 Å². The fourth-order valence-electron chi connectivity index (χ4n) is 1.32. The Morgan fingerprint density at radius 3 is 2.67 bits per heavy atom. The SMILES string of the molecule is CCCC(N)C(=O)C=Cc1ccccc1. The summed E-state index contributed by atoms with van der Waals surface area (Å²) in [6, 6.07) is 9.38. The molecule has 0 spiro atoms. The molecule has 0 amide bonds. The molecule has 1 aromatic carbocycles. The molecule has 2 heteroatoms. The smallest absolute Gasteiger partial charge is 0.172 e. The minimum atomic E-state index is -0.352. The van der Waals surface area contributed by atoms with Gasteiger partial charge in [0.25, 0.3) is 0 Å². The zero-order chi connectivity index (χ0) is 11.1. The van der Waals surface area contributed by atoms with Gasteiger partial charge < -0.3 is 5.73 Å². The van der Waals surface area contributed by atoms with E-state index in [1.165, 1.54) is 0 Å². The quantitative estimate of drug-likeness (QED) is 0.747. The molecule has 2 nitrogen and oxygen atoms in total. The van der Waals surface area contributed by atoms with Gasteiger partial charge in [0.15, 0.2) is 5.78 Å². The summed E-state index contributed by atoms with van der Waals surface area (Å²) in [6.07, 6.45) is 5.05. The Bertz CT molecular complexity index is 330. The Labute approximate surface area is 90.8 Å². The van der Waals surface area contributed by atoms with Crippen molar-refractivity contribution in [2.24, 2.45) is 5.73 Å². The third-order valence-corrected chi connectivity index (χ3v) is 2.20. The average Bonchev–Trinajstić information content (AvgIpc) is 2.27. The lowest BCUT2D eigenvalue weighted by Crippen LogP contribution is -2.28. The monoisotopic (exact) mass is 203 g/mol. The van der Waals surface area contributed by atoms with Crippen molar-refractivity contribution < 1.29 is 4.79 Å². The summed E-state index contributed by atoms with van der Waals surface area (Å²) in [7, 11) is 0. The topological polar surface area (TPSA) is 43.1 Å². The Balaban J connectivity index is 2.55. The summed E-state index contributed by atoms with van der Waals surface area (Å²) in [5, 5.41) is 0. The Morgan fingerprint density at radius 2 is 2.07 bits per heavy atom. The maximum Gasteiger partial charge on any atom is 0.172 e. The molecule has 2 N–H and O–H groups in total. The molecule has 0 aliphatic heterocycles. The van der Waals surface area contributed by atoms with Gasteiger partial charge in [0.1, 0.15) is 0 Å². The maximum atomic E-state index is 11.5. The van der Waals surface area contributed by atoms with Gasteiger partial charge >= 0.3 is 0 Å². The van der Waals surface area contributed by atoms with E-state index in [2.05, 4.69) is 0 Å². The van der Waals surface area contributed by atoms with Gasteiger partial charge in [-0.15, -0.1) is 0 Å². The van der Waals surface area contributed by atoms with Crippen molar-refractivity contribution in [3.05, 3.63) is 42.0 Å². The van der Waals surface area contributed by atoms with Crippen molar-refractivity contribution in [2.45, 2.75) is 25.8 Å². The molecule has 15 heavy (non-hydrogen) atoms. The highest BCUT2D eigenvalue weighted by molar-refractivity contribution is 5.97. The third-order valence-electron chi connectivity index (χ3n) is 2.20. The lowest BCUT2D eigenvalue weighted by atomic mass is 10.1. The average molecular weight is 203 g/mol. The van der Waals surface area contributed by atoms with E-state index >= 15 is 0 Å². The third kappa shape index (κ3) is 4.09. The second-order valence-electron chi connectivity index (χ2n) is 3.54. The van der Waals surface area contributed by atoms with Crippen LogP contribution in [0.2, 0.25) is 0 Å².